The van der Waals surface area contributed by atoms with E-state index in [0.29, 0.717) is 29.2 Å². The highest BCUT2D eigenvalue weighted by Gasteiger charge is 2.13. The molecule has 7 heteroatoms. The van der Waals surface area contributed by atoms with E-state index in [0.717, 1.165) is 6.42 Å². The fourth-order valence-corrected chi connectivity index (χ4v) is 1.92. The van der Waals surface area contributed by atoms with Crippen molar-refractivity contribution in [1.82, 2.24) is 9.97 Å². The first kappa shape index (κ1) is 15.7. The summed E-state index contributed by atoms with van der Waals surface area (Å²) in [6.07, 6.45) is 2.64. The summed E-state index contributed by atoms with van der Waals surface area (Å²) in [7, 11) is 0. The van der Waals surface area contributed by atoms with Crippen LogP contribution in [0.2, 0.25) is 0 Å². The van der Waals surface area contributed by atoms with Crippen molar-refractivity contribution in [3.8, 4) is 0 Å². The highest BCUT2D eigenvalue weighted by atomic mass is 16.6. The quantitative estimate of drug-likeness (QED) is 0.463. The van der Waals surface area contributed by atoms with Crippen LogP contribution in [0.4, 0.5) is 17.5 Å². The predicted octanol–water partition coefficient (Wildman–Crippen LogP) is 3.35. The monoisotopic (exact) mass is 301 g/mol. The topological polar surface area (TPSA) is 93.0 Å². The predicted molar refractivity (Wildman–Crippen MR) is 88.3 cm³/mol. The largest absolute Gasteiger partial charge is 0.366 e. The van der Waals surface area contributed by atoms with Crippen molar-refractivity contribution in [2.24, 2.45) is 0 Å². The number of aromatic nitrogens is 2. The van der Waals surface area contributed by atoms with Crippen LogP contribution in [0.3, 0.4) is 0 Å². The van der Waals surface area contributed by atoms with Gasteiger partial charge >= 0.3 is 0 Å². The summed E-state index contributed by atoms with van der Waals surface area (Å²) in [4.78, 5) is 19.4. The van der Waals surface area contributed by atoms with E-state index >= 15 is 0 Å². The number of anilines is 2. The number of nitro benzene ring substituents is 1. The fourth-order valence-electron chi connectivity index (χ4n) is 1.92. The summed E-state index contributed by atoms with van der Waals surface area (Å²) in [6, 6.07) is 4.80. The molecule has 2 rings (SSSR count). The molecule has 0 radical (unpaired) electrons. The Balaban J connectivity index is 2.51. The van der Waals surface area contributed by atoms with Gasteiger partial charge in [-0.25, -0.2) is 4.98 Å². The number of benzene rings is 1. The zero-order valence-electron chi connectivity index (χ0n) is 12.7. The third kappa shape index (κ3) is 3.49. The molecule has 116 valence electrons. The van der Waals surface area contributed by atoms with Crippen LogP contribution in [-0.2, 0) is 0 Å². The average Bonchev–Trinajstić information content (AvgIpc) is 2.51. The molecule has 1 aromatic heterocycles. The van der Waals surface area contributed by atoms with Crippen LogP contribution in [0, 0.1) is 10.1 Å². The lowest BCUT2D eigenvalue weighted by Gasteiger charge is -2.14. The number of nitrogens with zero attached hydrogens (tertiary/aromatic N) is 3. The van der Waals surface area contributed by atoms with Crippen LogP contribution in [0.25, 0.3) is 10.9 Å². The minimum absolute atomic E-state index is 0.0142. The first-order valence-corrected chi connectivity index (χ1v) is 7.12. The molecule has 1 aromatic carbocycles. The van der Waals surface area contributed by atoms with Gasteiger partial charge in [0.25, 0.3) is 5.69 Å². The van der Waals surface area contributed by atoms with Gasteiger partial charge in [-0.3, -0.25) is 10.1 Å². The second kappa shape index (κ2) is 6.84. The number of hydrogen-bond donors (Lipinski definition) is 2. The molecule has 2 N–H and O–H groups in total. The Kier molecular flexibility index (Phi) is 4.88. The van der Waals surface area contributed by atoms with Gasteiger partial charge in [-0.15, -0.1) is 6.58 Å². The van der Waals surface area contributed by atoms with E-state index in [2.05, 4.69) is 34.1 Å². The summed E-state index contributed by atoms with van der Waals surface area (Å²) >= 11 is 0. The summed E-state index contributed by atoms with van der Waals surface area (Å²) in [5.41, 5.74) is 0.665. The van der Waals surface area contributed by atoms with Crippen LogP contribution in [0.1, 0.15) is 20.3 Å². The van der Waals surface area contributed by atoms with Crippen molar-refractivity contribution < 1.29 is 4.92 Å². The SMILES string of the molecule is C=CCNc1nc(NC(C)CC)nc2ccc([N+](=O)[O-])cc12. The molecule has 0 aliphatic rings. The number of rotatable bonds is 7. The molecule has 0 amide bonds. The Bertz CT molecular complexity index is 702. The smallest absolute Gasteiger partial charge is 0.270 e. The standard InChI is InChI=1S/C15H19N5O2/c1-4-8-16-14-12-9-11(20(21)22)6-7-13(12)18-15(19-14)17-10(3)5-2/h4,6-7,9-10H,1,5,8H2,2-3H3,(H2,16,17,18,19). The van der Waals surface area contributed by atoms with E-state index in [-0.39, 0.29) is 11.7 Å². The van der Waals surface area contributed by atoms with Gasteiger partial charge in [-0.1, -0.05) is 13.0 Å². The highest BCUT2D eigenvalue weighted by Crippen LogP contribution is 2.26. The van der Waals surface area contributed by atoms with Gasteiger partial charge in [0.1, 0.15) is 5.82 Å². The molecule has 0 saturated carbocycles. The van der Waals surface area contributed by atoms with Gasteiger partial charge in [0, 0.05) is 30.1 Å². The maximum Gasteiger partial charge on any atom is 0.270 e. The number of fused-ring (bicyclic) bond motifs is 1. The van der Waals surface area contributed by atoms with Crippen molar-refractivity contribution in [3.05, 3.63) is 41.0 Å². The minimum Gasteiger partial charge on any atom is -0.366 e. The third-order valence-electron chi connectivity index (χ3n) is 3.29. The number of non-ortho nitro benzene ring substituents is 1. The molecular formula is C15H19N5O2. The lowest BCUT2D eigenvalue weighted by atomic mass is 10.2. The van der Waals surface area contributed by atoms with Crippen molar-refractivity contribution in [2.75, 3.05) is 17.2 Å². The molecule has 2 aromatic rings. The molecule has 0 spiro atoms. The molecule has 0 fully saturated rings. The Morgan fingerprint density at radius 1 is 1.45 bits per heavy atom. The fraction of sp³-hybridized carbons (Fsp3) is 0.333. The maximum absolute atomic E-state index is 10.9. The summed E-state index contributed by atoms with van der Waals surface area (Å²) in [6.45, 7) is 8.28. The van der Waals surface area contributed by atoms with Gasteiger partial charge in [-0.05, 0) is 19.4 Å². The average molecular weight is 301 g/mol. The molecular weight excluding hydrogens is 282 g/mol. The minimum atomic E-state index is -0.429. The van der Waals surface area contributed by atoms with Crippen molar-refractivity contribution in [3.63, 3.8) is 0 Å². The first-order chi connectivity index (χ1) is 10.5. The van der Waals surface area contributed by atoms with Gasteiger partial charge < -0.3 is 10.6 Å². The Hall–Kier alpha value is -2.70. The second-order valence-corrected chi connectivity index (χ2v) is 4.98. The van der Waals surface area contributed by atoms with E-state index in [9.17, 15) is 10.1 Å². The van der Waals surface area contributed by atoms with E-state index in [1.165, 1.54) is 12.1 Å². The number of nitro groups is 1. The molecule has 7 nitrogen and oxygen atoms in total. The normalized spacial score (nSPS) is 11.9. The molecule has 1 heterocycles. The first-order valence-electron chi connectivity index (χ1n) is 7.12. The molecule has 0 bridgehead atoms. The van der Waals surface area contributed by atoms with Crippen molar-refractivity contribution in [2.45, 2.75) is 26.3 Å². The maximum atomic E-state index is 10.9. The van der Waals surface area contributed by atoms with Crippen molar-refractivity contribution >= 4 is 28.4 Å². The van der Waals surface area contributed by atoms with E-state index in [1.54, 1.807) is 12.1 Å². The van der Waals surface area contributed by atoms with Gasteiger partial charge in [-0.2, -0.15) is 4.98 Å². The zero-order chi connectivity index (χ0) is 16.1. The Morgan fingerprint density at radius 3 is 2.86 bits per heavy atom. The van der Waals surface area contributed by atoms with Crippen LogP contribution in [0.15, 0.2) is 30.9 Å². The van der Waals surface area contributed by atoms with Gasteiger partial charge in [0.2, 0.25) is 5.95 Å². The molecule has 0 aliphatic heterocycles. The summed E-state index contributed by atoms with van der Waals surface area (Å²) in [5, 5.41) is 17.9. The van der Waals surface area contributed by atoms with E-state index < -0.39 is 4.92 Å². The Morgan fingerprint density at radius 2 is 2.23 bits per heavy atom. The van der Waals surface area contributed by atoms with Crippen LogP contribution < -0.4 is 10.6 Å². The molecule has 22 heavy (non-hydrogen) atoms. The van der Waals surface area contributed by atoms with Crippen LogP contribution in [-0.4, -0.2) is 27.5 Å². The third-order valence-corrected chi connectivity index (χ3v) is 3.29. The van der Waals surface area contributed by atoms with Crippen molar-refractivity contribution in [1.29, 1.82) is 0 Å². The molecule has 0 aliphatic carbocycles. The summed E-state index contributed by atoms with van der Waals surface area (Å²) in [5.74, 6) is 1.06. The van der Waals surface area contributed by atoms with Crippen LogP contribution in [0.5, 0.6) is 0 Å². The Labute approximate surface area is 128 Å². The van der Waals surface area contributed by atoms with E-state index in [1.807, 2.05) is 6.92 Å². The number of hydrogen-bond acceptors (Lipinski definition) is 6. The number of nitrogens with one attached hydrogen (secondary N) is 2. The molecule has 0 saturated heterocycles. The highest BCUT2D eigenvalue weighted by molar-refractivity contribution is 5.91. The lowest BCUT2D eigenvalue weighted by Crippen LogP contribution is -2.16. The van der Waals surface area contributed by atoms with E-state index in [4.69, 9.17) is 0 Å². The van der Waals surface area contributed by atoms with Gasteiger partial charge in [0.05, 0.1) is 10.4 Å². The van der Waals surface area contributed by atoms with Gasteiger partial charge in [0.15, 0.2) is 0 Å². The zero-order valence-corrected chi connectivity index (χ0v) is 12.7. The lowest BCUT2D eigenvalue weighted by molar-refractivity contribution is -0.384. The summed E-state index contributed by atoms with van der Waals surface area (Å²) < 4.78 is 0. The molecule has 1 atom stereocenters. The van der Waals surface area contributed by atoms with Crippen LogP contribution >= 0.6 is 0 Å². The molecule has 1 unspecified atom stereocenters. The second-order valence-electron chi connectivity index (χ2n) is 4.98.